The Balaban J connectivity index is 1.95. The van der Waals surface area contributed by atoms with E-state index in [0.717, 1.165) is 32.1 Å². The molecule has 1 aliphatic rings. The van der Waals surface area contributed by atoms with Crippen LogP contribution >= 0.6 is 0 Å². The summed E-state index contributed by atoms with van der Waals surface area (Å²) in [4.78, 5) is 17.3. The van der Waals surface area contributed by atoms with Gasteiger partial charge in [0.05, 0.1) is 5.54 Å². The van der Waals surface area contributed by atoms with E-state index in [0.29, 0.717) is 5.96 Å². The van der Waals surface area contributed by atoms with Crippen LogP contribution in [0, 0.1) is 0 Å². The minimum atomic E-state index is -0.135. The molecule has 1 aliphatic heterocycles. The van der Waals surface area contributed by atoms with E-state index in [-0.39, 0.29) is 5.54 Å². The Bertz CT molecular complexity index is 428. The van der Waals surface area contributed by atoms with Gasteiger partial charge in [0, 0.05) is 38.6 Å². The quantitative estimate of drug-likeness (QED) is 0.596. The van der Waals surface area contributed by atoms with E-state index < -0.39 is 0 Å². The molecule has 0 radical (unpaired) electrons. The van der Waals surface area contributed by atoms with Crippen molar-refractivity contribution in [2.75, 3.05) is 31.1 Å². The molecule has 6 heteroatoms. The molecule has 0 bridgehead atoms. The zero-order valence-electron chi connectivity index (χ0n) is 11.9. The smallest absolute Gasteiger partial charge is 0.225 e. The normalized spacial score (nSPS) is 17.7. The van der Waals surface area contributed by atoms with Crippen LogP contribution in [0.3, 0.4) is 0 Å². The molecule has 0 spiro atoms. The Morgan fingerprint density at radius 3 is 2.26 bits per heavy atom. The highest BCUT2D eigenvalue weighted by atomic mass is 15.4. The largest absolute Gasteiger partial charge is 0.370 e. The first-order valence-electron chi connectivity index (χ1n) is 6.58. The van der Waals surface area contributed by atoms with Gasteiger partial charge in [0.25, 0.3) is 0 Å². The summed E-state index contributed by atoms with van der Waals surface area (Å²) < 4.78 is 0. The lowest BCUT2D eigenvalue weighted by atomic mass is 10.1. The fraction of sp³-hybridized carbons (Fsp3) is 0.615. The number of piperazine rings is 1. The van der Waals surface area contributed by atoms with E-state index in [4.69, 9.17) is 5.73 Å². The number of aromatic nitrogens is 2. The summed E-state index contributed by atoms with van der Waals surface area (Å²) in [5, 5.41) is 0. The van der Waals surface area contributed by atoms with Crippen LogP contribution in [0.5, 0.6) is 0 Å². The van der Waals surface area contributed by atoms with E-state index in [9.17, 15) is 0 Å². The van der Waals surface area contributed by atoms with Crippen LogP contribution in [-0.4, -0.2) is 52.5 Å². The minimum Gasteiger partial charge on any atom is -0.370 e. The maximum Gasteiger partial charge on any atom is 0.225 e. The number of anilines is 1. The number of hydrogen-bond acceptors (Lipinski definition) is 4. The van der Waals surface area contributed by atoms with Crippen LogP contribution in [0.2, 0.25) is 0 Å². The highest BCUT2D eigenvalue weighted by Gasteiger charge is 2.21. The van der Waals surface area contributed by atoms with Crippen molar-refractivity contribution in [3.05, 3.63) is 18.5 Å². The van der Waals surface area contributed by atoms with Crippen molar-refractivity contribution in [3.8, 4) is 0 Å². The molecule has 2 rings (SSSR count). The summed E-state index contributed by atoms with van der Waals surface area (Å²) in [6.07, 6.45) is 3.54. The number of aliphatic imine (C=N–C) groups is 1. The summed E-state index contributed by atoms with van der Waals surface area (Å²) in [6.45, 7) is 9.58. The lowest BCUT2D eigenvalue weighted by Gasteiger charge is -2.35. The molecule has 0 aromatic carbocycles. The molecular formula is C13H22N6. The standard InChI is InChI=1S/C13H22N6/c1-13(2,3)17-11(14)18-7-9-19(10-8-18)12-15-5-4-6-16-12/h4-6H,7-10H2,1-3H3,(H2,14,17). The highest BCUT2D eigenvalue weighted by molar-refractivity contribution is 5.78. The van der Waals surface area contributed by atoms with Gasteiger partial charge in [-0.1, -0.05) is 0 Å². The summed E-state index contributed by atoms with van der Waals surface area (Å²) in [5.41, 5.74) is 5.91. The predicted molar refractivity (Wildman–Crippen MR) is 77.2 cm³/mol. The molecule has 0 atom stereocenters. The minimum absolute atomic E-state index is 0.135. The molecule has 0 unspecified atom stereocenters. The zero-order valence-corrected chi connectivity index (χ0v) is 11.9. The third-order valence-electron chi connectivity index (χ3n) is 2.89. The van der Waals surface area contributed by atoms with Gasteiger partial charge in [-0.2, -0.15) is 0 Å². The number of rotatable bonds is 1. The topological polar surface area (TPSA) is 70.6 Å². The first-order valence-corrected chi connectivity index (χ1v) is 6.58. The van der Waals surface area contributed by atoms with E-state index in [1.54, 1.807) is 12.4 Å². The van der Waals surface area contributed by atoms with E-state index in [1.807, 2.05) is 26.8 Å². The second-order valence-corrected chi connectivity index (χ2v) is 5.66. The molecule has 0 amide bonds. The van der Waals surface area contributed by atoms with Gasteiger partial charge in [-0.05, 0) is 26.8 Å². The van der Waals surface area contributed by atoms with Crippen LogP contribution in [0.4, 0.5) is 5.95 Å². The first-order chi connectivity index (χ1) is 8.96. The number of nitrogens with two attached hydrogens (primary N) is 1. The van der Waals surface area contributed by atoms with Crippen LogP contribution in [0.15, 0.2) is 23.5 Å². The summed E-state index contributed by atoms with van der Waals surface area (Å²) in [6, 6.07) is 1.83. The van der Waals surface area contributed by atoms with Gasteiger partial charge in [-0.25, -0.2) is 15.0 Å². The average molecular weight is 262 g/mol. The molecule has 2 N–H and O–H groups in total. The molecule has 104 valence electrons. The Morgan fingerprint density at radius 2 is 1.74 bits per heavy atom. The van der Waals surface area contributed by atoms with Gasteiger partial charge in [0.1, 0.15) is 0 Å². The van der Waals surface area contributed by atoms with E-state index in [2.05, 4.69) is 24.8 Å². The number of nitrogens with zero attached hydrogens (tertiary/aromatic N) is 5. The molecule has 1 fully saturated rings. The van der Waals surface area contributed by atoms with Crippen LogP contribution in [-0.2, 0) is 0 Å². The van der Waals surface area contributed by atoms with Crippen LogP contribution in [0.1, 0.15) is 20.8 Å². The van der Waals surface area contributed by atoms with Gasteiger partial charge < -0.3 is 15.5 Å². The number of guanidine groups is 1. The van der Waals surface area contributed by atoms with Crippen molar-refractivity contribution >= 4 is 11.9 Å². The highest BCUT2D eigenvalue weighted by Crippen LogP contribution is 2.11. The average Bonchev–Trinajstić information content (AvgIpc) is 2.38. The maximum atomic E-state index is 6.04. The van der Waals surface area contributed by atoms with Crippen molar-refractivity contribution in [1.82, 2.24) is 14.9 Å². The lowest BCUT2D eigenvalue weighted by molar-refractivity contribution is 0.373. The number of hydrogen-bond donors (Lipinski definition) is 1. The fourth-order valence-corrected chi connectivity index (χ4v) is 2.00. The predicted octanol–water partition coefficient (Wildman–Crippen LogP) is 0.712. The van der Waals surface area contributed by atoms with Gasteiger partial charge in [0.15, 0.2) is 5.96 Å². The SMILES string of the molecule is CC(C)(C)N=C(N)N1CCN(c2ncccn2)CC1. The van der Waals surface area contributed by atoms with Crippen molar-refractivity contribution in [2.45, 2.75) is 26.3 Å². The van der Waals surface area contributed by atoms with Crippen molar-refractivity contribution in [3.63, 3.8) is 0 Å². The van der Waals surface area contributed by atoms with Crippen molar-refractivity contribution in [2.24, 2.45) is 10.7 Å². The summed E-state index contributed by atoms with van der Waals surface area (Å²) >= 11 is 0. The van der Waals surface area contributed by atoms with Crippen molar-refractivity contribution in [1.29, 1.82) is 0 Å². The molecule has 1 aromatic rings. The summed E-state index contributed by atoms with van der Waals surface area (Å²) in [5.74, 6) is 1.41. The Morgan fingerprint density at radius 1 is 1.16 bits per heavy atom. The second kappa shape index (κ2) is 5.42. The molecule has 1 aromatic heterocycles. The lowest BCUT2D eigenvalue weighted by Crippen LogP contribution is -2.52. The Kier molecular flexibility index (Phi) is 3.87. The zero-order chi connectivity index (χ0) is 13.9. The molecule has 6 nitrogen and oxygen atoms in total. The van der Waals surface area contributed by atoms with E-state index in [1.165, 1.54) is 0 Å². The molecule has 2 heterocycles. The van der Waals surface area contributed by atoms with Crippen molar-refractivity contribution < 1.29 is 0 Å². The Labute approximate surface area is 114 Å². The van der Waals surface area contributed by atoms with E-state index >= 15 is 0 Å². The first kappa shape index (κ1) is 13.6. The van der Waals surface area contributed by atoms with Gasteiger partial charge in [-0.15, -0.1) is 0 Å². The monoisotopic (exact) mass is 262 g/mol. The molecular weight excluding hydrogens is 240 g/mol. The summed E-state index contributed by atoms with van der Waals surface area (Å²) in [7, 11) is 0. The molecule has 19 heavy (non-hydrogen) atoms. The van der Waals surface area contributed by atoms with Crippen LogP contribution < -0.4 is 10.6 Å². The molecule has 0 saturated carbocycles. The second-order valence-electron chi connectivity index (χ2n) is 5.66. The fourth-order valence-electron chi connectivity index (χ4n) is 2.00. The van der Waals surface area contributed by atoms with Gasteiger partial charge in [0.2, 0.25) is 5.95 Å². The van der Waals surface area contributed by atoms with Crippen LogP contribution in [0.25, 0.3) is 0 Å². The Hall–Kier alpha value is -1.85. The third kappa shape index (κ3) is 3.81. The maximum absolute atomic E-state index is 6.04. The van der Waals surface area contributed by atoms with Gasteiger partial charge >= 0.3 is 0 Å². The third-order valence-corrected chi connectivity index (χ3v) is 2.89. The van der Waals surface area contributed by atoms with Gasteiger partial charge in [-0.3, -0.25) is 0 Å². The molecule has 0 aliphatic carbocycles. The molecule has 1 saturated heterocycles.